The highest BCUT2D eigenvalue weighted by molar-refractivity contribution is 5.80. The first-order valence-corrected chi connectivity index (χ1v) is 8.39. The molecule has 1 fully saturated rings. The van der Waals surface area contributed by atoms with Crippen molar-refractivity contribution < 1.29 is 27.1 Å². The molecule has 2 aromatic carbocycles. The molecule has 2 aromatic rings. The fourth-order valence-corrected chi connectivity index (χ4v) is 3.14. The molecule has 0 saturated carbocycles. The van der Waals surface area contributed by atoms with Gasteiger partial charge in [0, 0.05) is 11.6 Å². The molecule has 3 N–H and O–H groups in total. The normalized spacial score (nSPS) is 21.0. The number of primary amides is 1. The number of halogens is 4. The van der Waals surface area contributed by atoms with Crippen molar-refractivity contribution in [2.45, 2.75) is 37.2 Å². The highest BCUT2D eigenvalue weighted by atomic mass is 19.4. The van der Waals surface area contributed by atoms with Crippen LogP contribution >= 0.6 is 0 Å². The minimum absolute atomic E-state index is 0.0335. The first-order valence-electron chi connectivity index (χ1n) is 8.39. The van der Waals surface area contributed by atoms with Crippen LogP contribution in [0.4, 0.5) is 17.6 Å². The van der Waals surface area contributed by atoms with Crippen molar-refractivity contribution in [2.75, 3.05) is 0 Å². The zero-order valence-electron chi connectivity index (χ0n) is 14.2. The number of amides is 1. The van der Waals surface area contributed by atoms with Crippen LogP contribution in [0.2, 0.25) is 0 Å². The van der Waals surface area contributed by atoms with E-state index in [0.717, 1.165) is 17.7 Å². The van der Waals surface area contributed by atoms with Crippen molar-refractivity contribution in [3.05, 3.63) is 65.5 Å². The van der Waals surface area contributed by atoms with E-state index < -0.39 is 35.6 Å². The predicted octanol–water partition coefficient (Wildman–Crippen LogP) is 3.79. The molecule has 8 heteroatoms. The topological polar surface area (TPSA) is 64.4 Å². The second kappa shape index (κ2) is 7.56. The number of carbonyl (C=O) groups excluding carboxylic acids is 1. The van der Waals surface area contributed by atoms with Crippen LogP contribution in [-0.2, 0) is 4.79 Å². The number of nitrogens with two attached hydrogens (primary N) is 1. The lowest BCUT2D eigenvalue weighted by Crippen LogP contribution is -2.37. The van der Waals surface area contributed by atoms with Gasteiger partial charge in [-0.2, -0.15) is 13.2 Å². The number of alkyl halides is 3. The zero-order valence-corrected chi connectivity index (χ0v) is 14.2. The van der Waals surface area contributed by atoms with E-state index in [1.807, 2.05) is 0 Å². The van der Waals surface area contributed by atoms with E-state index in [0.29, 0.717) is 12.8 Å². The van der Waals surface area contributed by atoms with E-state index in [4.69, 9.17) is 10.5 Å². The van der Waals surface area contributed by atoms with Crippen molar-refractivity contribution in [1.29, 1.82) is 0 Å². The van der Waals surface area contributed by atoms with Crippen LogP contribution in [-0.4, -0.2) is 18.1 Å². The standard InChI is InChI=1S/C19H18F4N2O2/c20-14-4-2-1-3-13(14)17(19(21,22)23)27-12-7-5-11(6-8-12)15-9-10-16(25-15)18(24)26/h1-8,15-17,25H,9-10H2,(H2,24,26)/t15-,16+,17?/m1/s1. The lowest BCUT2D eigenvalue weighted by Gasteiger charge is -2.23. The quantitative estimate of drug-likeness (QED) is 0.774. The van der Waals surface area contributed by atoms with E-state index in [1.54, 1.807) is 12.1 Å². The maximum atomic E-state index is 13.8. The van der Waals surface area contributed by atoms with Crippen LogP contribution < -0.4 is 15.8 Å². The van der Waals surface area contributed by atoms with Gasteiger partial charge in [0.2, 0.25) is 12.0 Å². The average molecular weight is 382 g/mol. The molecule has 0 spiro atoms. The summed E-state index contributed by atoms with van der Waals surface area (Å²) in [7, 11) is 0. The molecule has 1 aliphatic heterocycles. The summed E-state index contributed by atoms with van der Waals surface area (Å²) >= 11 is 0. The fourth-order valence-electron chi connectivity index (χ4n) is 3.14. The summed E-state index contributed by atoms with van der Waals surface area (Å²) in [5, 5.41) is 3.08. The van der Waals surface area contributed by atoms with Gasteiger partial charge < -0.3 is 10.5 Å². The lowest BCUT2D eigenvalue weighted by molar-refractivity contribution is -0.198. The minimum atomic E-state index is -4.78. The monoisotopic (exact) mass is 382 g/mol. The molecule has 27 heavy (non-hydrogen) atoms. The molecule has 144 valence electrons. The number of ether oxygens (including phenoxy) is 1. The summed E-state index contributed by atoms with van der Waals surface area (Å²) < 4.78 is 59.0. The summed E-state index contributed by atoms with van der Waals surface area (Å²) in [5.74, 6) is -1.45. The Morgan fingerprint density at radius 2 is 1.78 bits per heavy atom. The van der Waals surface area contributed by atoms with Crippen LogP contribution in [0.15, 0.2) is 48.5 Å². The largest absolute Gasteiger partial charge is 0.476 e. The van der Waals surface area contributed by atoms with Gasteiger partial charge in [-0.3, -0.25) is 10.1 Å². The van der Waals surface area contributed by atoms with Crippen LogP contribution in [0.1, 0.15) is 36.1 Å². The fraction of sp³-hybridized carbons (Fsp3) is 0.316. The number of benzene rings is 2. The molecule has 4 nitrogen and oxygen atoms in total. The van der Waals surface area contributed by atoms with Gasteiger partial charge in [0.05, 0.1) is 6.04 Å². The van der Waals surface area contributed by atoms with Crippen molar-refractivity contribution >= 4 is 5.91 Å². The second-order valence-corrected chi connectivity index (χ2v) is 6.38. The van der Waals surface area contributed by atoms with Crippen molar-refractivity contribution in [2.24, 2.45) is 5.73 Å². The average Bonchev–Trinajstić information content (AvgIpc) is 3.10. The molecule has 3 rings (SSSR count). The van der Waals surface area contributed by atoms with Crippen LogP contribution in [0.3, 0.4) is 0 Å². The third-order valence-corrected chi connectivity index (χ3v) is 4.51. The Bertz CT molecular complexity index is 808. The molecular weight excluding hydrogens is 364 g/mol. The molecule has 1 amide bonds. The number of nitrogens with one attached hydrogen (secondary N) is 1. The summed E-state index contributed by atoms with van der Waals surface area (Å²) in [6, 6.07) is 10.1. The summed E-state index contributed by atoms with van der Waals surface area (Å²) in [6.07, 6.45) is -5.90. The molecule has 1 saturated heterocycles. The van der Waals surface area contributed by atoms with Crippen molar-refractivity contribution in [3.63, 3.8) is 0 Å². The molecule has 1 unspecified atom stereocenters. The van der Waals surface area contributed by atoms with Gasteiger partial charge >= 0.3 is 6.18 Å². The molecule has 0 radical (unpaired) electrons. The molecule has 1 heterocycles. The van der Waals surface area contributed by atoms with Gasteiger partial charge in [-0.1, -0.05) is 30.3 Å². The molecule has 0 aromatic heterocycles. The van der Waals surface area contributed by atoms with E-state index in [-0.39, 0.29) is 11.8 Å². The van der Waals surface area contributed by atoms with Gasteiger partial charge in [0.25, 0.3) is 0 Å². The first kappa shape index (κ1) is 19.2. The number of hydrogen-bond acceptors (Lipinski definition) is 3. The summed E-state index contributed by atoms with van der Waals surface area (Å²) in [4.78, 5) is 11.2. The van der Waals surface area contributed by atoms with Crippen molar-refractivity contribution in [1.82, 2.24) is 5.32 Å². The Labute approximate surface area is 153 Å². The number of rotatable bonds is 5. The van der Waals surface area contributed by atoms with E-state index >= 15 is 0 Å². The third kappa shape index (κ3) is 4.39. The Morgan fingerprint density at radius 1 is 1.11 bits per heavy atom. The number of carbonyl (C=O) groups is 1. The van der Waals surface area contributed by atoms with Crippen LogP contribution in [0, 0.1) is 5.82 Å². The van der Waals surface area contributed by atoms with Crippen molar-refractivity contribution in [3.8, 4) is 5.75 Å². The van der Waals surface area contributed by atoms with Gasteiger partial charge in [0.15, 0.2) is 0 Å². The first-order chi connectivity index (χ1) is 12.8. The lowest BCUT2D eigenvalue weighted by atomic mass is 10.0. The van der Waals surface area contributed by atoms with Gasteiger partial charge in [0.1, 0.15) is 11.6 Å². The summed E-state index contributed by atoms with van der Waals surface area (Å²) in [5.41, 5.74) is 5.50. The maximum absolute atomic E-state index is 13.8. The highest BCUT2D eigenvalue weighted by Crippen LogP contribution is 2.38. The molecule has 0 bridgehead atoms. The predicted molar refractivity (Wildman–Crippen MR) is 90.4 cm³/mol. The van der Waals surface area contributed by atoms with E-state index in [2.05, 4.69) is 5.32 Å². The highest BCUT2D eigenvalue weighted by Gasteiger charge is 2.44. The molecule has 3 atom stereocenters. The molecule has 0 aliphatic carbocycles. The van der Waals surface area contributed by atoms with Gasteiger partial charge in [-0.25, -0.2) is 4.39 Å². The Balaban J connectivity index is 1.76. The van der Waals surface area contributed by atoms with Crippen LogP contribution in [0.25, 0.3) is 0 Å². The van der Waals surface area contributed by atoms with E-state index in [9.17, 15) is 22.4 Å². The van der Waals surface area contributed by atoms with Crippen LogP contribution in [0.5, 0.6) is 5.75 Å². The SMILES string of the molecule is NC(=O)[C@@H]1CC[C@H](c2ccc(OC(c3ccccc3F)C(F)(F)F)cc2)N1. The Morgan fingerprint density at radius 3 is 2.33 bits per heavy atom. The minimum Gasteiger partial charge on any atom is -0.476 e. The smallest absolute Gasteiger partial charge is 0.429 e. The van der Waals surface area contributed by atoms with E-state index in [1.165, 1.54) is 24.3 Å². The third-order valence-electron chi connectivity index (χ3n) is 4.51. The summed E-state index contributed by atoms with van der Waals surface area (Å²) in [6.45, 7) is 0. The number of hydrogen-bond donors (Lipinski definition) is 2. The Kier molecular flexibility index (Phi) is 5.36. The van der Waals surface area contributed by atoms with Gasteiger partial charge in [-0.15, -0.1) is 0 Å². The zero-order chi connectivity index (χ0) is 19.6. The maximum Gasteiger partial charge on any atom is 0.429 e. The van der Waals surface area contributed by atoms with Gasteiger partial charge in [-0.05, 0) is 36.6 Å². The second-order valence-electron chi connectivity index (χ2n) is 6.38. The molecule has 1 aliphatic rings. The molecular formula is C19H18F4N2O2. The Hall–Kier alpha value is -2.61.